The van der Waals surface area contributed by atoms with Gasteiger partial charge in [0, 0.05) is 18.6 Å². The predicted molar refractivity (Wildman–Crippen MR) is 77.7 cm³/mol. The lowest BCUT2D eigenvalue weighted by Gasteiger charge is -2.26. The summed E-state index contributed by atoms with van der Waals surface area (Å²) >= 11 is 0. The highest BCUT2D eigenvalue weighted by Crippen LogP contribution is 2.18. The first-order valence-electron chi connectivity index (χ1n) is 7.43. The number of hydrogen-bond acceptors (Lipinski definition) is 2. The van der Waals surface area contributed by atoms with E-state index in [1.807, 2.05) is 12.1 Å². The van der Waals surface area contributed by atoms with E-state index in [2.05, 4.69) is 24.1 Å². The third kappa shape index (κ3) is 4.29. The van der Waals surface area contributed by atoms with Crippen molar-refractivity contribution in [2.75, 3.05) is 19.6 Å². The Hall–Kier alpha value is -0.930. The van der Waals surface area contributed by atoms with Crippen LogP contribution in [-0.4, -0.2) is 30.6 Å². The van der Waals surface area contributed by atoms with Crippen molar-refractivity contribution in [3.63, 3.8) is 0 Å². The van der Waals surface area contributed by atoms with Gasteiger partial charge in [0.15, 0.2) is 0 Å². The van der Waals surface area contributed by atoms with Crippen LogP contribution in [0.5, 0.6) is 0 Å². The fourth-order valence-electron chi connectivity index (χ4n) is 2.89. The predicted octanol–water partition coefficient (Wildman–Crippen LogP) is 3.35. The normalized spacial score (nSPS) is 19.5. The molecule has 2 atom stereocenters. The lowest BCUT2D eigenvalue weighted by molar-refractivity contribution is 0.284. The van der Waals surface area contributed by atoms with Crippen molar-refractivity contribution in [1.29, 1.82) is 0 Å². The second kappa shape index (κ2) is 7.01. The highest BCUT2D eigenvalue weighted by Gasteiger charge is 2.17. The van der Waals surface area contributed by atoms with Crippen LogP contribution in [0.1, 0.15) is 44.7 Å². The van der Waals surface area contributed by atoms with Gasteiger partial charge in [0.25, 0.3) is 0 Å². The van der Waals surface area contributed by atoms with Crippen LogP contribution in [0.25, 0.3) is 0 Å². The maximum Gasteiger partial charge on any atom is 0.123 e. The molecule has 1 saturated heterocycles. The SMILES string of the molecule is CCC(NC(C)CN1CCCC1)c1ccc(F)cc1. The maximum absolute atomic E-state index is 13.0. The standard InChI is InChI=1S/C16H25FN2/c1-3-16(14-6-8-15(17)9-7-14)18-13(2)12-19-10-4-5-11-19/h6-9,13,16,18H,3-5,10-12H2,1-2H3. The van der Waals surface area contributed by atoms with Crippen molar-refractivity contribution in [2.45, 2.75) is 45.2 Å². The van der Waals surface area contributed by atoms with Crippen LogP contribution in [0, 0.1) is 5.82 Å². The molecule has 0 amide bonds. The Morgan fingerprint density at radius 1 is 1.21 bits per heavy atom. The molecule has 1 aromatic rings. The first kappa shape index (κ1) is 14.5. The highest BCUT2D eigenvalue weighted by atomic mass is 19.1. The second-order valence-corrected chi connectivity index (χ2v) is 5.59. The molecule has 0 radical (unpaired) electrons. The maximum atomic E-state index is 13.0. The molecule has 1 aliphatic heterocycles. The van der Waals surface area contributed by atoms with Gasteiger partial charge in [0.2, 0.25) is 0 Å². The zero-order chi connectivity index (χ0) is 13.7. The molecular formula is C16H25FN2. The number of nitrogens with zero attached hydrogens (tertiary/aromatic N) is 1. The largest absolute Gasteiger partial charge is 0.306 e. The number of rotatable bonds is 6. The van der Waals surface area contributed by atoms with E-state index in [1.54, 1.807) is 12.1 Å². The van der Waals surface area contributed by atoms with E-state index in [1.165, 1.54) is 31.5 Å². The van der Waals surface area contributed by atoms with Gasteiger partial charge in [-0.2, -0.15) is 0 Å². The summed E-state index contributed by atoms with van der Waals surface area (Å²) in [7, 11) is 0. The van der Waals surface area contributed by atoms with Gasteiger partial charge in [-0.25, -0.2) is 4.39 Å². The number of likely N-dealkylation sites (tertiary alicyclic amines) is 1. The van der Waals surface area contributed by atoms with Crippen LogP contribution in [0.3, 0.4) is 0 Å². The lowest BCUT2D eigenvalue weighted by Crippen LogP contribution is -2.39. The molecule has 2 nitrogen and oxygen atoms in total. The lowest BCUT2D eigenvalue weighted by atomic mass is 10.0. The molecule has 19 heavy (non-hydrogen) atoms. The van der Waals surface area contributed by atoms with Crippen LogP contribution >= 0.6 is 0 Å². The zero-order valence-electron chi connectivity index (χ0n) is 12.0. The van der Waals surface area contributed by atoms with Gasteiger partial charge in [-0.15, -0.1) is 0 Å². The fourth-order valence-corrected chi connectivity index (χ4v) is 2.89. The Morgan fingerprint density at radius 3 is 2.42 bits per heavy atom. The van der Waals surface area contributed by atoms with E-state index in [0.717, 1.165) is 13.0 Å². The van der Waals surface area contributed by atoms with E-state index < -0.39 is 0 Å². The van der Waals surface area contributed by atoms with Crippen LogP contribution in [-0.2, 0) is 0 Å². The van der Waals surface area contributed by atoms with E-state index in [-0.39, 0.29) is 5.82 Å². The van der Waals surface area contributed by atoms with Gasteiger partial charge in [0.05, 0.1) is 0 Å². The molecule has 3 heteroatoms. The van der Waals surface area contributed by atoms with Gasteiger partial charge in [-0.3, -0.25) is 0 Å². The smallest absolute Gasteiger partial charge is 0.123 e. The van der Waals surface area contributed by atoms with E-state index >= 15 is 0 Å². The van der Waals surface area contributed by atoms with Gasteiger partial charge in [-0.05, 0) is 57.0 Å². The van der Waals surface area contributed by atoms with Crippen LogP contribution in [0.2, 0.25) is 0 Å². The van der Waals surface area contributed by atoms with Crippen molar-refractivity contribution >= 4 is 0 Å². The number of halogens is 1. The first-order chi connectivity index (χ1) is 9.19. The molecular weight excluding hydrogens is 239 g/mol. The van der Waals surface area contributed by atoms with Crippen LogP contribution in [0.4, 0.5) is 4.39 Å². The van der Waals surface area contributed by atoms with Crippen LogP contribution < -0.4 is 5.32 Å². The third-order valence-electron chi connectivity index (χ3n) is 3.90. The topological polar surface area (TPSA) is 15.3 Å². The minimum absolute atomic E-state index is 0.163. The third-order valence-corrected chi connectivity index (χ3v) is 3.90. The molecule has 1 aromatic carbocycles. The second-order valence-electron chi connectivity index (χ2n) is 5.59. The molecule has 0 aliphatic carbocycles. The van der Waals surface area contributed by atoms with Crippen molar-refractivity contribution in [3.05, 3.63) is 35.6 Å². The Morgan fingerprint density at radius 2 is 1.84 bits per heavy atom. The van der Waals surface area contributed by atoms with Gasteiger partial charge < -0.3 is 10.2 Å². The minimum atomic E-state index is -0.163. The molecule has 1 heterocycles. The molecule has 1 fully saturated rings. The first-order valence-corrected chi connectivity index (χ1v) is 7.43. The molecule has 0 saturated carbocycles. The molecule has 2 rings (SSSR count). The fraction of sp³-hybridized carbons (Fsp3) is 0.625. The monoisotopic (exact) mass is 264 g/mol. The summed E-state index contributed by atoms with van der Waals surface area (Å²) in [6.07, 6.45) is 3.69. The molecule has 2 unspecified atom stereocenters. The Bertz CT molecular complexity index is 371. The summed E-state index contributed by atoms with van der Waals surface area (Å²) in [5, 5.41) is 3.67. The number of nitrogens with one attached hydrogen (secondary N) is 1. The summed E-state index contributed by atoms with van der Waals surface area (Å²) in [5.41, 5.74) is 1.18. The quantitative estimate of drug-likeness (QED) is 0.847. The van der Waals surface area contributed by atoms with E-state index in [9.17, 15) is 4.39 Å². The minimum Gasteiger partial charge on any atom is -0.306 e. The van der Waals surface area contributed by atoms with Gasteiger partial charge in [-0.1, -0.05) is 19.1 Å². The van der Waals surface area contributed by atoms with Crippen molar-refractivity contribution in [2.24, 2.45) is 0 Å². The molecule has 106 valence electrons. The van der Waals surface area contributed by atoms with Gasteiger partial charge in [0.1, 0.15) is 5.82 Å². The zero-order valence-corrected chi connectivity index (χ0v) is 12.0. The summed E-state index contributed by atoms with van der Waals surface area (Å²) in [4.78, 5) is 2.52. The molecule has 1 aliphatic rings. The Balaban J connectivity index is 1.88. The summed E-state index contributed by atoms with van der Waals surface area (Å²) in [6.45, 7) is 7.99. The molecule has 0 spiro atoms. The van der Waals surface area contributed by atoms with E-state index in [4.69, 9.17) is 0 Å². The molecule has 0 aromatic heterocycles. The highest BCUT2D eigenvalue weighted by molar-refractivity contribution is 5.19. The van der Waals surface area contributed by atoms with E-state index in [0.29, 0.717) is 12.1 Å². The van der Waals surface area contributed by atoms with Crippen molar-refractivity contribution < 1.29 is 4.39 Å². The summed E-state index contributed by atoms with van der Waals surface area (Å²) in [6, 6.07) is 7.65. The number of benzene rings is 1. The summed E-state index contributed by atoms with van der Waals surface area (Å²) < 4.78 is 13.0. The van der Waals surface area contributed by atoms with Crippen molar-refractivity contribution in [3.8, 4) is 0 Å². The summed E-state index contributed by atoms with van der Waals surface area (Å²) in [5.74, 6) is -0.163. The average molecular weight is 264 g/mol. The Kier molecular flexibility index (Phi) is 5.34. The van der Waals surface area contributed by atoms with Gasteiger partial charge >= 0.3 is 0 Å². The van der Waals surface area contributed by atoms with Crippen LogP contribution in [0.15, 0.2) is 24.3 Å². The number of hydrogen-bond donors (Lipinski definition) is 1. The molecule has 0 bridgehead atoms. The van der Waals surface area contributed by atoms with Crippen molar-refractivity contribution in [1.82, 2.24) is 10.2 Å². The average Bonchev–Trinajstić information content (AvgIpc) is 2.90. The Labute approximate surface area is 116 Å². The molecule has 1 N–H and O–H groups in total.